The lowest BCUT2D eigenvalue weighted by Crippen LogP contribution is -2.48. The number of hydrogen-bond donors (Lipinski definition) is 1. The number of aryl methyl sites for hydroxylation is 1. The zero-order valence-corrected chi connectivity index (χ0v) is 13.8. The van der Waals surface area contributed by atoms with Crippen LogP contribution in [0, 0.1) is 18.8 Å². The van der Waals surface area contributed by atoms with Gasteiger partial charge in [0.2, 0.25) is 0 Å². The monoisotopic (exact) mass is 291 g/mol. The van der Waals surface area contributed by atoms with Crippen LogP contribution in [0.3, 0.4) is 0 Å². The summed E-state index contributed by atoms with van der Waals surface area (Å²) in [7, 11) is 0. The van der Waals surface area contributed by atoms with Crippen LogP contribution < -0.4 is 5.32 Å². The summed E-state index contributed by atoms with van der Waals surface area (Å²) in [6, 6.07) is 0. The quantitative estimate of drug-likeness (QED) is 0.683. The van der Waals surface area contributed by atoms with Crippen LogP contribution in [0.5, 0.6) is 0 Å². The second kappa shape index (κ2) is 7.48. The van der Waals surface area contributed by atoms with Gasteiger partial charge in [-0.2, -0.15) is 5.10 Å². The van der Waals surface area contributed by atoms with Crippen molar-refractivity contribution in [2.45, 2.75) is 40.7 Å². The average molecular weight is 291 g/mol. The molecule has 5 nitrogen and oxygen atoms in total. The third kappa shape index (κ3) is 4.76. The van der Waals surface area contributed by atoms with Gasteiger partial charge in [-0.25, -0.2) is 0 Å². The molecule has 2 rings (SSSR count). The smallest absolute Gasteiger partial charge is 0.193 e. The molecular formula is C16H29N5. The molecule has 1 N–H and O–H groups in total. The molecule has 0 aromatic carbocycles. The van der Waals surface area contributed by atoms with E-state index in [-0.39, 0.29) is 0 Å². The Bertz CT molecular complexity index is 455. The Labute approximate surface area is 128 Å². The number of piperidine rings is 1. The van der Waals surface area contributed by atoms with Gasteiger partial charge in [0.1, 0.15) is 0 Å². The summed E-state index contributed by atoms with van der Waals surface area (Å²) in [5, 5.41) is 7.74. The van der Waals surface area contributed by atoms with E-state index in [9.17, 15) is 0 Å². The van der Waals surface area contributed by atoms with E-state index < -0.39 is 0 Å². The number of aromatic nitrogens is 2. The lowest BCUT2D eigenvalue weighted by molar-refractivity contribution is 0.208. The maximum Gasteiger partial charge on any atom is 0.193 e. The molecule has 0 spiro atoms. The van der Waals surface area contributed by atoms with E-state index in [1.54, 1.807) is 0 Å². The van der Waals surface area contributed by atoms with E-state index in [1.165, 1.54) is 12.0 Å². The van der Waals surface area contributed by atoms with Gasteiger partial charge in [0, 0.05) is 25.8 Å². The Morgan fingerprint density at radius 3 is 2.67 bits per heavy atom. The third-order valence-electron chi connectivity index (χ3n) is 3.86. The minimum absolute atomic E-state index is 0.742. The fourth-order valence-corrected chi connectivity index (χ4v) is 3.11. The van der Waals surface area contributed by atoms with Crippen molar-refractivity contribution in [2.75, 3.05) is 26.2 Å². The van der Waals surface area contributed by atoms with Crippen molar-refractivity contribution in [1.82, 2.24) is 20.0 Å². The first-order valence-corrected chi connectivity index (χ1v) is 8.10. The number of likely N-dealkylation sites (tertiary alicyclic amines) is 1. The molecule has 1 aliphatic heterocycles. The highest BCUT2D eigenvalue weighted by molar-refractivity contribution is 5.80. The van der Waals surface area contributed by atoms with Crippen molar-refractivity contribution in [1.29, 1.82) is 0 Å². The molecule has 0 saturated carbocycles. The largest absolute Gasteiger partial charge is 0.357 e. The Hall–Kier alpha value is -1.52. The fraction of sp³-hybridized carbons (Fsp3) is 0.750. The van der Waals surface area contributed by atoms with E-state index in [4.69, 9.17) is 4.99 Å². The highest BCUT2D eigenvalue weighted by Gasteiger charge is 2.23. The van der Waals surface area contributed by atoms with E-state index in [2.05, 4.69) is 49.2 Å². The first-order chi connectivity index (χ1) is 10.1. The fourth-order valence-electron chi connectivity index (χ4n) is 3.11. The third-order valence-corrected chi connectivity index (χ3v) is 3.86. The number of hydrogen-bond acceptors (Lipinski definition) is 2. The van der Waals surface area contributed by atoms with E-state index >= 15 is 0 Å². The molecule has 2 atom stereocenters. The minimum atomic E-state index is 0.742. The Morgan fingerprint density at radius 2 is 2.10 bits per heavy atom. The van der Waals surface area contributed by atoms with Crippen molar-refractivity contribution in [3.8, 4) is 0 Å². The zero-order chi connectivity index (χ0) is 15.2. The molecule has 5 heteroatoms. The summed E-state index contributed by atoms with van der Waals surface area (Å²) in [6.07, 6.45) is 5.28. The normalized spacial score (nSPS) is 23.4. The van der Waals surface area contributed by atoms with Crippen LogP contribution in [0.1, 0.15) is 32.8 Å². The highest BCUT2D eigenvalue weighted by Crippen LogP contribution is 2.20. The lowest BCUT2D eigenvalue weighted by Gasteiger charge is -2.37. The van der Waals surface area contributed by atoms with Crippen molar-refractivity contribution in [2.24, 2.45) is 16.8 Å². The number of nitrogens with one attached hydrogen (secondary N) is 1. The van der Waals surface area contributed by atoms with Crippen molar-refractivity contribution in [3.63, 3.8) is 0 Å². The Kier molecular flexibility index (Phi) is 5.65. The number of nitrogens with zero attached hydrogens (tertiary/aromatic N) is 4. The van der Waals surface area contributed by atoms with Gasteiger partial charge in [-0.1, -0.05) is 13.8 Å². The summed E-state index contributed by atoms with van der Waals surface area (Å²) >= 11 is 0. The molecule has 1 aliphatic rings. The molecule has 0 aliphatic carbocycles. The maximum absolute atomic E-state index is 4.78. The van der Waals surface area contributed by atoms with Gasteiger partial charge < -0.3 is 10.2 Å². The summed E-state index contributed by atoms with van der Waals surface area (Å²) in [4.78, 5) is 7.19. The van der Waals surface area contributed by atoms with Crippen LogP contribution in [0.25, 0.3) is 0 Å². The molecule has 1 fully saturated rings. The molecule has 0 radical (unpaired) electrons. The molecule has 118 valence electrons. The van der Waals surface area contributed by atoms with Crippen molar-refractivity contribution < 1.29 is 0 Å². The van der Waals surface area contributed by atoms with Gasteiger partial charge >= 0.3 is 0 Å². The summed E-state index contributed by atoms with van der Waals surface area (Å²) in [5.41, 5.74) is 1.20. The first-order valence-electron chi connectivity index (χ1n) is 8.10. The van der Waals surface area contributed by atoms with Crippen LogP contribution >= 0.6 is 0 Å². The Balaban J connectivity index is 1.95. The Morgan fingerprint density at radius 1 is 1.38 bits per heavy atom. The average Bonchev–Trinajstić information content (AvgIpc) is 2.82. The molecule has 2 heterocycles. The van der Waals surface area contributed by atoms with Crippen LogP contribution in [0.2, 0.25) is 0 Å². The van der Waals surface area contributed by atoms with Gasteiger partial charge in [0.25, 0.3) is 0 Å². The lowest BCUT2D eigenvalue weighted by atomic mass is 9.92. The first kappa shape index (κ1) is 15.9. The molecule has 1 saturated heterocycles. The van der Waals surface area contributed by atoms with Crippen LogP contribution in [0.4, 0.5) is 0 Å². The molecule has 2 unspecified atom stereocenters. The highest BCUT2D eigenvalue weighted by atomic mass is 15.3. The number of aliphatic imine (C=N–C) groups is 1. The number of guanidine groups is 1. The van der Waals surface area contributed by atoms with Gasteiger partial charge in [0.05, 0.1) is 19.3 Å². The van der Waals surface area contributed by atoms with Gasteiger partial charge in [-0.15, -0.1) is 0 Å². The summed E-state index contributed by atoms with van der Waals surface area (Å²) < 4.78 is 1.96. The van der Waals surface area contributed by atoms with E-state index in [1.807, 2.05) is 10.9 Å². The van der Waals surface area contributed by atoms with Crippen LogP contribution in [0.15, 0.2) is 17.4 Å². The molecule has 0 bridgehead atoms. The van der Waals surface area contributed by atoms with Gasteiger partial charge in [-0.3, -0.25) is 9.67 Å². The molecule has 21 heavy (non-hydrogen) atoms. The standard InChI is InChI=1S/C16H29N5/c1-5-17-16(20-10-13(2)8-14(3)11-20)18-6-7-21-12-15(4)9-19-21/h9,12-14H,5-8,10-11H2,1-4H3,(H,17,18). The predicted molar refractivity (Wildman–Crippen MR) is 87.5 cm³/mol. The van der Waals surface area contributed by atoms with Crippen LogP contribution in [-0.4, -0.2) is 46.8 Å². The molecular weight excluding hydrogens is 262 g/mol. The SMILES string of the molecule is CCNC(=NCCn1cc(C)cn1)N1CC(C)CC(C)C1. The van der Waals surface area contributed by atoms with E-state index in [0.29, 0.717) is 0 Å². The summed E-state index contributed by atoms with van der Waals surface area (Å²) in [5.74, 6) is 2.54. The maximum atomic E-state index is 4.78. The van der Waals surface area contributed by atoms with Crippen molar-refractivity contribution in [3.05, 3.63) is 18.0 Å². The minimum Gasteiger partial charge on any atom is -0.357 e. The second-order valence-electron chi connectivity index (χ2n) is 6.37. The topological polar surface area (TPSA) is 45.5 Å². The van der Waals surface area contributed by atoms with Gasteiger partial charge in [0.15, 0.2) is 5.96 Å². The number of rotatable bonds is 4. The molecule has 0 amide bonds. The van der Waals surface area contributed by atoms with Crippen LogP contribution in [-0.2, 0) is 6.54 Å². The van der Waals surface area contributed by atoms with Crippen molar-refractivity contribution >= 4 is 5.96 Å². The van der Waals surface area contributed by atoms with Gasteiger partial charge in [-0.05, 0) is 37.7 Å². The molecule has 1 aromatic rings. The summed E-state index contributed by atoms with van der Waals surface area (Å²) in [6.45, 7) is 13.6. The zero-order valence-electron chi connectivity index (χ0n) is 13.8. The second-order valence-corrected chi connectivity index (χ2v) is 6.37. The van der Waals surface area contributed by atoms with E-state index in [0.717, 1.165) is 50.5 Å². The predicted octanol–water partition coefficient (Wildman–Crippen LogP) is 2.13. The molecule has 1 aromatic heterocycles.